The first kappa shape index (κ1) is 94.3. The molecular weight excluding hydrogens is 1610 g/mol. The van der Waals surface area contributed by atoms with Gasteiger partial charge in [-0.3, -0.25) is 67.9 Å². The summed E-state index contributed by atoms with van der Waals surface area (Å²) >= 11 is 6.29. The Bertz CT molecular complexity index is 4770. The molecule has 8 rings (SSSR count). The van der Waals surface area contributed by atoms with Crippen molar-refractivity contribution in [3.63, 3.8) is 0 Å². The van der Waals surface area contributed by atoms with Crippen LogP contribution in [0.2, 0.25) is 5.02 Å². The van der Waals surface area contributed by atoms with E-state index in [-0.39, 0.29) is 82.8 Å². The van der Waals surface area contributed by atoms with E-state index in [0.29, 0.717) is 82.7 Å². The molecule has 6 aromatic carbocycles. The van der Waals surface area contributed by atoms with Crippen LogP contribution in [0.4, 0.5) is 5.69 Å². The summed E-state index contributed by atoms with van der Waals surface area (Å²) in [6.07, 6.45) is -0.588. The number of rotatable bonds is 44. The maximum absolute atomic E-state index is 15.4. The highest BCUT2D eigenvalue weighted by Crippen LogP contribution is 2.23. The molecule has 2 aliphatic heterocycles. The van der Waals surface area contributed by atoms with Gasteiger partial charge in [-0.25, -0.2) is 27.1 Å². The van der Waals surface area contributed by atoms with Crippen LogP contribution in [0.1, 0.15) is 86.3 Å². The fourth-order valence-corrected chi connectivity index (χ4v) is 15.5. The van der Waals surface area contributed by atoms with E-state index in [2.05, 4.69) is 58.1 Å². The number of anilines is 1. The topological polar surface area (TPSA) is 569 Å². The Kier molecular flexibility index (Phi) is 35.5. The second-order valence-corrected chi connectivity index (χ2v) is 33.9. The Morgan fingerprint density at radius 3 is 1.48 bits per heavy atom. The first-order valence-corrected chi connectivity index (χ1v) is 43.0. The number of primary amides is 1. The average molecular weight is 1720 g/mol. The first-order valence-electron chi connectivity index (χ1n) is 39.2. The molecule has 648 valence electrons. The Morgan fingerprint density at radius 1 is 0.533 bits per heavy atom. The van der Waals surface area contributed by atoms with Gasteiger partial charge in [0.2, 0.25) is 85.0 Å². The number of primary sulfonamides is 2. The number of morpholine rings is 1. The number of likely N-dealkylation sites (tertiary alicyclic amines) is 1. The molecular formula is C81H108ClN19O17S2. The molecule has 22 N–H and O–H groups in total. The molecule has 120 heavy (non-hydrogen) atoms. The highest BCUT2D eigenvalue weighted by atomic mass is 35.5. The molecule has 10 atom stereocenters. The van der Waals surface area contributed by atoms with Crippen molar-refractivity contribution in [3.05, 3.63) is 184 Å². The summed E-state index contributed by atoms with van der Waals surface area (Å²) in [5.74, 6) is -12.9. The number of hydrogen-bond acceptors (Lipinski definition) is 21. The predicted octanol–water partition coefficient (Wildman–Crippen LogP) is -1.62. The highest BCUT2D eigenvalue weighted by molar-refractivity contribution is 7.89. The largest absolute Gasteiger partial charge is 0.399 e. The lowest BCUT2D eigenvalue weighted by molar-refractivity contribution is -0.142. The Balaban J connectivity index is 1.08. The number of amides is 11. The summed E-state index contributed by atoms with van der Waals surface area (Å²) in [7, 11) is -8.91. The lowest BCUT2D eigenvalue weighted by Gasteiger charge is -2.31. The third-order valence-corrected chi connectivity index (χ3v) is 21.6. The van der Waals surface area contributed by atoms with Gasteiger partial charge in [0.15, 0.2) is 5.96 Å². The second kappa shape index (κ2) is 45.3. The molecule has 2 saturated heterocycles. The fourth-order valence-electron chi connectivity index (χ4n) is 13.8. The molecule has 36 nitrogen and oxygen atoms in total. The number of carbonyl (C=O) groups excluding carboxylic acids is 11. The third-order valence-electron chi connectivity index (χ3n) is 19.9. The Hall–Kier alpha value is -11.2. The number of aliphatic hydroxyl groups is 1. The molecule has 0 saturated carbocycles. The van der Waals surface area contributed by atoms with Gasteiger partial charge in [0.1, 0.15) is 72.2 Å². The molecule has 2 heterocycles. The van der Waals surface area contributed by atoms with E-state index in [0.717, 1.165) is 16.3 Å². The van der Waals surface area contributed by atoms with E-state index in [1.54, 1.807) is 117 Å². The zero-order valence-electron chi connectivity index (χ0n) is 67.0. The van der Waals surface area contributed by atoms with Crippen LogP contribution in [-0.2, 0) is 116 Å². The maximum atomic E-state index is 15.4. The van der Waals surface area contributed by atoms with Gasteiger partial charge in [-0.15, -0.1) is 0 Å². The number of hydrogen-bond donors (Lipinski definition) is 17. The Morgan fingerprint density at radius 2 is 0.967 bits per heavy atom. The van der Waals surface area contributed by atoms with Crippen molar-refractivity contribution in [2.45, 2.75) is 152 Å². The number of nitrogens with one attached hydrogen (secondary N) is 11. The zero-order chi connectivity index (χ0) is 87.4. The molecule has 11 amide bonds. The lowest BCUT2D eigenvalue weighted by Crippen LogP contribution is -2.62. The Labute approximate surface area is 701 Å². The van der Waals surface area contributed by atoms with Gasteiger partial charge in [-0.05, 0) is 113 Å². The minimum atomic E-state index is -4.45. The van der Waals surface area contributed by atoms with Gasteiger partial charge < -0.3 is 85.1 Å². The minimum Gasteiger partial charge on any atom is -0.399 e. The number of guanidine groups is 1. The molecule has 0 radical (unpaired) electrons. The van der Waals surface area contributed by atoms with Gasteiger partial charge >= 0.3 is 0 Å². The normalized spacial score (nSPS) is 16.0. The number of sulfonamides is 2. The molecule has 2 aliphatic rings. The number of ether oxygens (including phenoxy) is 1. The van der Waals surface area contributed by atoms with Crippen molar-refractivity contribution in [2.75, 3.05) is 70.0 Å². The number of nitrogen functional groups attached to an aromatic ring is 1. The number of carbonyl (C=O) groups is 11. The molecule has 0 spiro atoms. The van der Waals surface area contributed by atoms with Crippen molar-refractivity contribution in [1.82, 2.24) is 67.9 Å². The van der Waals surface area contributed by atoms with Crippen molar-refractivity contribution < 1.29 is 79.4 Å². The second-order valence-electron chi connectivity index (χ2n) is 30.3. The summed E-state index contributed by atoms with van der Waals surface area (Å²) in [6.45, 7) is 6.23. The summed E-state index contributed by atoms with van der Waals surface area (Å²) in [6, 6.07) is 25.8. The van der Waals surface area contributed by atoms with Gasteiger partial charge in [0, 0.05) is 75.5 Å². The lowest BCUT2D eigenvalue weighted by atomic mass is 9.99. The van der Waals surface area contributed by atoms with Crippen LogP contribution < -0.4 is 80.6 Å². The summed E-state index contributed by atoms with van der Waals surface area (Å²) < 4.78 is 54.5. The molecule has 0 unspecified atom stereocenters. The van der Waals surface area contributed by atoms with Crippen molar-refractivity contribution in [2.24, 2.45) is 27.7 Å². The number of benzene rings is 6. The zero-order valence-corrected chi connectivity index (χ0v) is 69.3. The average Bonchev–Trinajstić information content (AvgIpc) is 1.65. The summed E-state index contributed by atoms with van der Waals surface area (Å²) in [4.78, 5) is 164. The van der Waals surface area contributed by atoms with Crippen molar-refractivity contribution in [3.8, 4) is 0 Å². The molecule has 0 aliphatic carbocycles. The molecule has 2 fully saturated rings. The SMILES string of the molecule is CC(C)C[C@H](NC(=O)[C@@H](Cc1ccc(CN2CCOCC2)cc1)NC(=O)[C@H](Cc1ccc(N)cc1)NC(=O)[C@H](CO)NC(=O)[C@@H](Cc1ccccc1)NC(=O)[C@@H](Cc1ccc(Cl)cc1)NC(=O)[C@@H](Cc1ccc2ccccc2c1)NC(=O)CN(CS(N)(=O)=O)CS(N)(=O)=O)C(=O)N[C@@H](CCCNC(=N)N)C(=O)N1CCC[C@H]1C(=O)N[C@H](C)C(N)=O. The van der Waals surface area contributed by atoms with E-state index >= 15 is 19.2 Å². The van der Waals surface area contributed by atoms with Crippen LogP contribution in [-0.4, -0.2) is 232 Å². The van der Waals surface area contributed by atoms with Crippen LogP contribution in [0.3, 0.4) is 0 Å². The highest BCUT2D eigenvalue weighted by Gasteiger charge is 2.41. The fraction of sp³-hybridized carbons (Fsp3) is 0.432. The van der Waals surface area contributed by atoms with Crippen LogP contribution in [0.5, 0.6) is 0 Å². The number of nitrogens with zero attached hydrogens (tertiary/aromatic N) is 3. The predicted molar refractivity (Wildman–Crippen MR) is 449 cm³/mol. The number of halogens is 1. The van der Waals surface area contributed by atoms with E-state index in [9.17, 15) is 55.5 Å². The third kappa shape index (κ3) is 31.2. The summed E-state index contributed by atoms with van der Waals surface area (Å²) in [5, 5.41) is 58.0. The molecule has 0 bridgehead atoms. The quantitative estimate of drug-likeness (QED) is 0.00884. The molecule has 6 aromatic rings. The van der Waals surface area contributed by atoms with Crippen molar-refractivity contribution in [1.29, 1.82) is 5.41 Å². The van der Waals surface area contributed by atoms with E-state index in [1.165, 1.54) is 24.0 Å². The van der Waals surface area contributed by atoms with Crippen molar-refractivity contribution >= 4 is 119 Å². The standard InChI is InChI=1S/C81H108ClN19O17S2/c1-49(2)37-62(72(105)92-61(15-9-31-89-81(85)86)80(113)101-32-10-16-69(101)79(112)90-50(3)71(84)104)93-74(107)65(40-52-17-19-55(20-18-52)44-99-33-35-118-36-34-99)96-76(109)67(42-54-24-29-60(83)30-25-54)97-78(111)68(46-102)98-77(110)64(39-51-11-5-4-6-12-51)95-75(108)66(41-53-22-27-59(82)28-23-53)94-73(106)63(43-56-21-26-57-13-7-8-14-58(57)38-56)91-70(103)45-100(47-119(87,114)115)48-120(88,116)117/h4-8,11-14,17-30,38,49-50,61-69,102H,9-10,15-16,31-37,39-48,83H2,1-3H3,(H2,84,104)(H,90,112)(H,91,103)(H,92,105)(H,93,107)(H,94,106)(H,95,108)(H,96,109)(H,97,111)(H,98,110)(H4,85,86,89)(H2,87,114,115)(H2,88,116,117)/t50-,61+,62+,63-,64-,65-,66-,67+,68+,69+/m1/s1. The van der Waals surface area contributed by atoms with E-state index < -0.39 is 170 Å². The van der Waals surface area contributed by atoms with Gasteiger partial charge in [0.25, 0.3) is 0 Å². The van der Waals surface area contributed by atoms with E-state index in [1.807, 2.05) is 30.3 Å². The van der Waals surface area contributed by atoms with Crippen LogP contribution in [0.15, 0.2) is 146 Å². The molecule has 39 heteroatoms. The number of nitrogens with two attached hydrogens (primary N) is 5. The van der Waals surface area contributed by atoms with E-state index in [4.69, 9.17) is 49.2 Å². The summed E-state index contributed by atoms with van der Waals surface area (Å²) in [5.41, 5.74) is 20.8. The van der Waals surface area contributed by atoms with Crippen LogP contribution in [0.25, 0.3) is 10.8 Å². The maximum Gasteiger partial charge on any atom is 0.245 e. The smallest absolute Gasteiger partial charge is 0.245 e. The monoisotopic (exact) mass is 1720 g/mol. The minimum absolute atomic E-state index is 0.0122. The van der Waals surface area contributed by atoms with Gasteiger partial charge in [0.05, 0.1) is 26.4 Å². The van der Waals surface area contributed by atoms with Gasteiger partial charge in [-0.2, -0.15) is 0 Å². The van der Waals surface area contributed by atoms with Crippen LogP contribution >= 0.6 is 11.6 Å². The first-order chi connectivity index (χ1) is 56.9. The number of aliphatic hydroxyl groups excluding tert-OH is 1. The van der Waals surface area contributed by atoms with Gasteiger partial charge in [-0.1, -0.05) is 147 Å². The molecule has 0 aromatic heterocycles. The number of fused-ring (bicyclic) bond motifs is 1. The van der Waals surface area contributed by atoms with Crippen LogP contribution in [0, 0.1) is 11.3 Å².